The number of rotatable bonds is 7. The fourth-order valence-electron chi connectivity index (χ4n) is 2.83. The Morgan fingerprint density at radius 1 is 1.19 bits per heavy atom. The van der Waals surface area contributed by atoms with Crippen LogP contribution >= 0.6 is 11.8 Å². The highest BCUT2D eigenvalue weighted by molar-refractivity contribution is 7.99. The average Bonchev–Trinajstić information content (AvgIpc) is 3.15. The van der Waals surface area contributed by atoms with Crippen LogP contribution in [0, 0.1) is 0 Å². The van der Waals surface area contributed by atoms with Crippen molar-refractivity contribution < 1.29 is 4.79 Å². The lowest BCUT2D eigenvalue weighted by molar-refractivity contribution is -0.127. The topological polar surface area (TPSA) is 83.4 Å². The van der Waals surface area contributed by atoms with E-state index < -0.39 is 0 Å². The molecule has 3 aromatic rings. The van der Waals surface area contributed by atoms with Crippen LogP contribution in [-0.4, -0.2) is 49.5 Å². The molecule has 27 heavy (non-hydrogen) atoms. The predicted octanol–water partition coefficient (Wildman–Crippen LogP) is 2.61. The summed E-state index contributed by atoms with van der Waals surface area (Å²) in [7, 11) is 0. The van der Waals surface area contributed by atoms with Crippen molar-refractivity contribution in [3.8, 4) is 11.3 Å². The third kappa shape index (κ3) is 4.05. The number of aromatic amines is 1. The number of carbonyl (C=O) groups excluding carboxylic acids is 1. The molecule has 2 heterocycles. The van der Waals surface area contributed by atoms with Gasteiger partial charge in [-0.05, 0) is 31.9 Å². The molecule has 0 saturated carbocycles. The highest BCUT2D eigenvalue weighted by Gasteiger charge is 2.15. The van der Waals surface area contributed by atoms with Crippen LogP contribution in [0.3, 0.4) is 0 Å². The van der Waals surface area contributed by atoms with Crippen LogP contribution in [0.2, 0.25) is 0 Å². The summed E-state index contributed by atoms with van der Waals surface area (Å²) >= 11 is 1.27. The molecule has 0 aliphatic carbocycles. The van der Waals surface area contributed by atoms with Gasteiger partial charge in [-0.15, -0.1) is 5.10 Å². The zero-order valence-corrected chi connectivity index (χ0v) is 16.5. The second-order valence-corrected chi connectivity index (χ2v) is 7.01. The highest BCUT2D eigenvalue weighted by Crippen LogP contribution is 2.22. The maximum absolute atomic E-state index is 12.2. The van der Waals surface area contributed by atoms with Gasteiger partial charge in [0.25, 0.3) is 5.56 Å². The minimum Gasteiger partial charge on any atom is -0.343 e. The van der Waals surface area contributed by atoms with Crippen LogP contribution < -0.4 is 5.56 Å². The SMILES string of the molecule is CCc1ccc(-c2cc3c(=O)[nH]nc(SCC(=O)N(CC)CC)n3n2)cc1. The molecule has 0 atom stereocenters. The normalized spacial score (nSPS) is 11.1. The molecule has 0 unspecified atom stereocenters. The largest absolute Gasteiger partial charge is 0.343 e. The first kappa shape index (κ1) is 19.2. The van der Waals surface area contributed by atoms with Crippen molar-refractivity contribution in [1.29, 1.82) is 0 Å². The van der Waals surface area contributed by atoms with Gasteiger partial charge in [0.15, 0.2) is 0 Å². The van der Waals surface area contributed by atoms with Crippen molar-refractivity contribution >= 4 is 23.2 Å². The molecular weight excluding hydrogens is 362 g/mol. The van der Waals surface area contributed by atoms with Gasteiger partial charge >= 0.3 is 0 Å². The summed E-state index contributed by atoms with van der Waals surface area (Å²) in [4.78, 5) is 26.2. The molecule has 7 nitrogen and oxygen atoms in total. The molecule has 0 aliphatic heterocycles. The zero-order chi connectivity index (χ0) is 19.4. The fourth-order valence-corrected chi connectivity index (χ4v) is 3.64. The van der Waals surface area contributed by atoms with Crippen molar-refractivity contribution in [3.05, 3.63) is 46.2 Å². The number of fused-ring (bicyclic) bond motifs is 1. The third-order valence-corrected chi connectivity index (χ3v) is 5.39. The summed E-state index contributed by atoms with van der Waals surface area (Å²) < 4.78 is 1.52. The number of amides is 1. The van der Waals surface area contributed by atoms with E-state index in [4.69, 9.17) is 0 Å². The van der Waals surface area contributed by atoms with Gasteiger partial charge in [-0.2, -0.15) is 5.10 Å². The smallest absolute Gasteiger partial charge is 0.290 e. The Kier molecular flexibility index (Phi) is 5.95. The monoisotopic (exact) mass is 385 g/mol. The molecule has 1 N–H and O–H groups in total. The fraction of sp³-hybridized carbons (Fsp3) is 0.368. The van der Waals surface area contributed by atoms with E-state index in [9.17, 15) is 9.59 Å². The number of nitrogens with zero attached hydrogens (tertiary/aromatic N) is 4. The van der Waals surface area contributed by atoms with Crippen molar-refractivity contribution in [2.75, 3.05) is 18.8 Å². The van der Waals surface area contributed by atoms with Gasteiger partial charge in [0, 0.05) is 18.7 Å². The van der Waals surface area contributed by atoms with Gasteiger partial charge in [-0.1, -0.05) is 43.0 Å². The lowest BCUT2D eigenvalue weighted by Crippen LogP contribution is -2.32. The minimum absolute atomic E-state index is 0.0358. The second-order valence-electron chi connectivity index (χ2n) is 6.07. The summed E-state index contributed by atoms with van der Waals surface area (Å²) in [6.07, 6.45) is 0.969. The number of carbonyl (C=O) groups is 1. The van der Waals surface area contributed by atoms with E-state index in [-0.39, 0.29) is 17.2 Å². The molecule has 0 fully saturated rings. The summed E-state index contributed by atoms with van der Waals surface area (Å²) in [5.74, 6) is 0.282. The number of nitrogens with one attached hydrogen (secondary N) is 1. The van der Waals surface area contributed by atoms with Gasteiger partial charge in [0.05, 0.1) is 11.4 Å². The molecule has 0 radical (unpaired) electrons. The van der Waals surface area contributed by atoms with Gasteiger partial charge in [-0.25, -0.2) is 9.61 Å². The first-order valence-corrected chi connectivity index (χ1v) is 10.0. The van der Waals surface area contributed by atoms with Crippen LogP contribution in [0.25, 0.3) is 16.8 Å². The molecular formula is C19H23N5O2S. The van der Waals surface area contributed by atoms with Crippen molar-refractivity contribution in [2.45, 2.75) is 32.3 Å². The Balaban J connectivity index is 1.91. The molecule has 3 rings (SSSR count). The van der Waals surface area contributed by atoms with E-state index in [0.29, 0.717) is 29.5 Å². The zero-order valence-electron chi connectivity index (χ0n) is 15.7. The number of hydrogen-bond acceptors (Lipinski definition) is 5. The Morgan fingerprint density at radius 3 is 2.52 bits per heavy atom. The van der Waals surface area contributed by atoms with E-state index >= 15 is 0 Å². The highest BCUT2D eigenvalue weighted by atomic mass is 32.2. The molecule has 2 aromatic heterocycles. The molecule has 142 valence electrons. The van der Waals surface area contributed by atoms with Gasteiger partial charge in [0.2, 0.25) is 11.1 Å². The molecule has 0 bridgehead atoms. The summed E-state index contributed by atoms with van der Waals surface area (Å²) in [5, 5.41) is 11.6. The van der Waals surface area contributed by atoms with Crippen LogP contribution in [0.1, 0.15) is 26.3 Å². The standard InChI is InChI=1S/C19H23N5O2S/c1-4-13-7-9-14(10-8-13)15-11-16-18(26)20-21-19(24(16)22-15)27-12-17(25)23(5-2)6-3/h7-11H,4-6,12H2,1-3H3,(H,20,26). The first-order valence-electron chi connectivity index (χ1n) is 9.05. The van der Waals surface area contributed by atoms with Gasteiger partial charge in [-0.3, -0.25) is 9.59 Å². The van der Waals surface area contributed by atoms with E-state index in [0.717, 1.165) is 12.0 Å². The average molecular weight is 385 g/mol. The molecule has 0 saturated heterocycles. The van der Waals surface area contributed by atoms with Crippen LogP contribution in [-0.2, 0) is 11.2 Å². The van der Waals surface area contributed by atoms with E-state index in [1.807, 2.05) is 26.0 Å². The number of aryl methyl sites for hydroxylation is 1. The lowest BCUT2D eigenvalue weighted by atomic mass is 10.1. The Hall–Kier alpha value is -2.61. The third-order valence-electron chi connectivity index (χ3n) is 4.48. The number of benzene rings is 1. The summed E-state index contributed by atoms with van der Waals surface area (Å²) in [6, 6.07) is 9.86. The number of H-pyrrole nitrogens is 1. The number of aromatic nitrogens is 4. The summed E-state index contributed by atoms with van der Waals surface area (Å²) in [6.45, 7) is 7.35. The van der Waals surface area contributed by atoms with Crippen LogP contribution in [0.5, 0.6) is 0 Å². The minimum atomic E-state index is -0.307. The van der Waals surface area contributed by atoms with E-state index in [1.165, 1.54) is 21.8 Å². The maximum atomic E-state index is 12.2. The van der Waals surface area contributed by atoms with Crippen LogP contribution in [0.4, 0.5) is 0 Å². The molecule has 1 amide bonds. The molecule has 0 aliphatic rings. The second kappa shape index (κ2) is 8.39. The molecule has 0 spiro atoms. The Morgan fingerprint density at radius 2 is 1.89 bits per heavy atom. The molecule has 1 aromatic carbocycles. The molecule has 8 heteroatoms. The maximum Gasteiger partial charge on any atom is 0.290 e. The lowest BCUT2D eigenvalue weighted by Gasteiger charge is -2.17. The summed E-state index contributed by atoms with van der Waals surface area (Å²) in [5.41, 5.74) is 2.99. The Bertz CT molecular complexity index is 989. The predicted molar refractivity (Wildman–Crippen MR) is 107 cm³/mol. The van der Waals surface area contributed by atoms with Crippen molar-refractivity contribution in [3.63, 3.8) is 0 Å². The number of hydrogen-bond donors (Lipinski definition) is 1. The van der Waals surface area contributed by atoms with E-state index in [1.54, 1.807) is 11.0 Å². The quantitative estimate of drug-likeness (QED) is 0.632. The van der Waals surface area contributed by atoms with Crippen LogP contribution in [0.15, 0.2) is 40.3 Å². The van der Waals surface area contributed by atoms with Crippen molar-refractivity contribution in [1.82, 2.24) is 24.7 Å². The number of thioether (sulfide) groups is 1. The van der Waals surface area contributed by atoms with Gasteiger partial charge < -0.3 is 4.90 Å². The van der Waals surface area contributed by atoms with Gasteiger partial charge in [0.1, 0.15) is 5.52 Å². The van der Waals surface area contributed by atoms with E-state index in [2.05, 4.69) is 34.4 Å². The first-order chi connectivity index (χ1) is 13.1. The Labute approximate surface area is 161 Å². The van der Waals surface area contributed by atoms with Crippen molar-refractivity contribution in [2.24, 2.45) is 0 Å².